The number of fused-ring (bicyclic) bond motifs is 1. The molecule has 0 bridgehead atoms. The number of imidazole rings is 1. The van der Waals surface area contributed by atoms with Gasteiger partial charge in [0.2, 0.25) is 0 Å². The third kappa shape index (κ3) is 3.30. The number of benzene rings is 1. The number of hydrogen-bond acceptors (Lipinski definition) is 4. The summed E-state index contributed by atoms with van der Waals surface area (Å²) in [6.45, 7) is 3.39. The summed E-state index contributed by atoms with van der Waals surface area (Å²) in [6, 6.07) is 14.1. The fourth-order valence-electron chi connectivity index (χ4n) is 3.76. The molecule has 0 N–H and O–H groups in total. The molecular weight excluding hydrogens is 358 g/mol. The number of thioether (sulfide) groups is 1. The van der Waals surface area contributed by atoms with Gasteiger partial charge in [0, 0.05) is 12.7 Å². The lowest BCUT2D eigenvalue weighted by Gasteiger charge is -2.24. The standard InChI is InChI=1S/C21H23N3O2S/c1-3-26-16-11-9-15(10-12-16)17-8-6-14-23(17)20(25)19-18-7-4-5-13-24(18)21(22-19)27-2/h4-5,7,9-13,17H,3,6,8,14H2,1-2H3. The number of rotatable bonds is 5. The molecule has 1 aromatic carbocycles. The Morgan fingerprint density at radius 1 is 1.26 bits per heavy atom. The maximum Gasteiger partial charge on any atom is 0.275 e. The second-order valence-corrected chi connectivity index (χ2v) is 7.34. The minimum absolute atomic E-state index is 0.00962. The summed E-state index contributed by atoms with van der Waals surface area (Å²) in [4.78, 5) is 20.0. The molecule has 3 aromatic rings. The van der Waals surface area contributed by atoms with Crippen molar-refractivity contribution in [3.05, 3.63) is 59.9 Å². The van der Waals surface area contributed by atoms with Crippen LogP contribution in [0.25, 0.3) is 5.52 Å². The van der Waals surface area contributed by atoms with Gasteiger partial charge in [0.05, 0.1) is 18.2 Å². The summed E-state index contributed by atoms with van der Waals surface area (Å²) in [5, 5.41) is 0.839. The highest BCUT2D eigenvalue weighted by Crippen LogP contribution is 2.34. The molecule has 0 saturated carbocycles. The van der Waals surface area contributed by atoms with Gasteiger partial charge in [-0.1, -0.05) is 30.0 Å². The minimum Gasteiger partial charge on any atom is -0.494 e. The fourth-order valence-corrected chi connectivity index (χ4v) is 4.29. The highest BCUT2D eigenvalue weighted by molar-refractivity contribution is 7.98. The molecule has 0 radical (unpaired) electrons. The summed E-state index contributed by atoms with van der Waals surface area (Å²) >= 11 is 1.55. The van der Waals surface area contributed by atoms with Gasteiger partial charge in [-0.05, 0) is 55.9 Å². The largest absolute Gasteiger partial charge is 0.494 e. The molecule has 5 nitrogen and oxygen atoms in total. The van der Waals surface area contributed by atoms with E-state index >= 15 is 0 Å². The van der Waals surface area contributed by atoms with E-state index in [-0.39, 0.29) is 11.9 Å². The first-order chi connectivity index (χ1) is 13.2. The second-order valence-electron chi connectivity index (χ2n) is 6.56. The molecule has 1 aliphatic heterocycles. The van der Waals surface area contributed by atoms with Crippen LogP contribution >= 0.6 is 11.8 Å². The van der Waals surface area contributed by atoms with Gasteiger partial charge in [-0.25, -0.2) is 4.98 Å². The number of pyridine rings is 1. The zero-order valence-electron chi connectivity index (χ0n) is 15.6. The van der Waals surface area contributed by atoms with Gasteiger partial charge >= 0.3 is 0 Å². The van der Waals surface area contributed by atoms with E-state index in [4.69, 9.17) is 4.74 Å². The molecule has 4 rings (SSSR count). The zero-order valence-corrected chi connectivity index (χ0v) is 16.4. The van der Waals surface area contributed by atoms with E-state index in [1.165, 1.54) is 0 Å². The number of likely N-dealkylation sites (tertiary alicyclic amines) is 1. The minimum atomic E-state index is 0.00962. The first-order valence-corrected chi connectivity index (χ1v) is 10.5. The van der Waals surface area contributed by atoms with Crippen molar-refractivity contribution in [1.29, 1.82) is 0 Å². The molecule has 1 aliphatic rings. The van der Waals surface area contributed by atoms with Crippen LogP contribution in [-0.2, 0) is 0 Å². The SMILES string of the molecule is CCOc1ccc(C2CCCN2C(=O)c2nc(SC)n3ccccc23)cc1. The lowest BCUT2D eigenvalue weighted by atomic mass is 10.0. The Morgan fingerprint density at radius 3 is 2.81 bits per heavy atom. The Balaban J connectivity index is 1.65. The zero-order chi connectivity index (χ0) is 18.8. The van der Waals surface area contributed by atoms with Gasteiger partial charge < -0.3 is 9.64 Å². The van der Waals surface area contributed by atoms with Crippen molar-refractivity contribution in [1.82, 2.24) is 14.3 Å². The number of amides is 1. The quantitative estimate of drug-likeness (QED) is 0.613. The lowest BCUT2D eigenvalue weighted by molar-refractivity contribution is 0.0732. The van der Waals surface area contributed by atoms with E-state index in [2.05, 4.69) is 17.1 Å². The monoisotopic (exact) mass is 381 g/mol. The van der Waals surface area contributed by atoms with Crippen molar-refractivity contribution in [2.45, 2.75) is 31.0 Å². The van der Waals surface area contributed by atoms with Crippen molar-refractivity contribution in [2.24, 2.45) is 0 Å². The number of nitrogens with zero attached hydrogens (tertiary/aromatic N) is 3. The summed E-state index contributed by atoms with van der Waals surface area (Å²) in [6.07, 6.45) is 5.92. The molecule has 1 unspecified atom stereocenters. The normalized spacial score (nSPS) is 16.8. The van der Waals surface area contributed by atoms with Crippen LogP contribution in [0.15, 0.2) is 53.8 Å². The van der Waals surface area contributed by atoms with Crippen molar-refractivity contribution in [3.8, 4) is 5.75 Å². The molecule has 140 valence electrons. The second kappa shape index (κ2) is 7.64. The first kappa shape index (κ1) is 17.9. The van der Waals surface area contributed by atoms with Gasteiger partial charge in [0.1, 0.15) is 5.75 Å². The third-order valence-corrected chi connectivity index (χ3v) is 5.64. The Labute approximate surface area is 163 Å². The predicted molar refractivity (Wildman–Crippen MR) is 108 cm³/mol. The number of carbonyl (C=O) groups is 1. The Morgan fingerprint density at radius 2 is 2.07 bits per heavy atom. The van der Waals surface area contributed by atoms with E-state index in [1.54, 1.807) is 11.8 Å². The molecule has 3 heterocycles. The Hall–Kier alpha value is -2.47. The van der Waals surface area contributed by atoms with Crippen molar-refractivity contribution >= 4 is 23.2 Å². The molecule has 1 amide bonds. The van der Waals surface area contributed by atoms with Crippen LogP contribution in [0.3, 0.4) is 0 Å². The van der Waals surface area contributed by atoms with Gasteiger partial charge in [-0.2, -0.15) is 0 Å². The molecule has 6 heteroatoms. The predicted octanol–water partition coefficient (Wildman–Crippen LogP) is 4.43. The molecule has 1 fully saturated rings. The molecule has 0 aliphatic carbocycles. The van der Waals surface area contributed by atoms with Crippen LogP contribution in [-0.4, -0.2) is 39.6 Å². The smallest absolute Gasteiger partial charge is 0.275 e. The van der Waals surface area contributed by atoms with Crippen LogP contribution in [0.4, 0.5) is 0 Å². The summed E-state index contributed by atoms with van der Waals surface area (Å²) in [5.41, 5.74) is 2.56. The van der Waals surface area contributed by atoms with E-state index < -0.39 is 0 Å². The maximum absolute atomic E-state index is 13.4. The molecule has 2 aromatic heterocycles. The van der Waals surface area contributed by atoms with Crippen LogP contribution in [0.5, 0.6) is 5.75 Å². The molecular formula is C21H23N3O2S. The number of aromatic nitrogens is 2. The third-order valence-electron chi connectivity index (χ3n) is 4.99. The summed E-state index contributed by atoms with van der Waals surface area (Å²) in [7, 11) is 0. The van der Waals surface area contributed by atoms with Crippen molar-refractivity contribution in [3.63, 3.8) is 0 Å². The van der Waals surface area contributed by atoms with E-state index in [1.807, 2.05) is 59.0 Å². The van der Waals surface area contributed by atoms with Gasteiger partial charge in [0.25, 0.3) is 5.91 Å². The van der Waals surface area contributed by atoms with E-state index in [9.17, 15) is 4.79 Å². The highest BCUT2D eigenvalue weighted by atomic mass is 32.2. The Kier molecular flexibility index (Phi) is 5.07. The number of ether oxygens (including phenoxy) is 1. The number of hydrogen-bond donors (Lipinski definition) is 0. The average Bonchev–Trinajstić information content (AvgIpc) is 3.33. The topological polar surface area (TPSA) is 46.8 Å². The van der Waals surface area contributed by atoms with Crippen molar-refractivity contribution in [2.75, 3.05) is 19.4 Å². The van der Waals surface area contributed by atoms with E-state index in [0.29, 0.717) is 12.3 Å². The van der Waals surface area contributed by atoms with Crippen LogP contribution in [0, 0.1) is 0 Å². The lowest BCUT2D eigenvalue weighted by Crippen LogP contribution is -2.31. The van der Waals surface area contributed by atoms with Crippen molar-refractivity contribution < 1.29 is 9.53 Å². The summed E-state index contributed by atoms with van der Waals surface area (Å²) in [5.74, 6) is 0.872. The molecule has 0 spiro atoms. The average molecular weight is 382 g/mol. The Bertz CT molecular complexity index is 952. The summed E-state index contributed by atoms with van der Waals surface area (Å²) < 4.78 is 7.52. The molecule has 1 atom stereocenters. The van der Waals surface area contributed by atoms with Crippen LogP contribution < -0.4 is 4.74 Å². The number of carbonyl (C=O) groups excluding carboxylic acids is 1. The highest BCUT2D eigenvalue weighted by Gasteiger charge is 2.33. The van der Waals surface area contributed by atoms with Gasteiger partial charge in [-0.15, -0.1) is 0 Å². The molecule has 1 saturated heterocycles. The van der Waals surface area contributed by atoms with Gasteiger partial charge in [0.15, 0.2) is 10.9 Å². The maximum atomic E-state index is 13.4. The molecule has 27 heavy (non-hydrogen) atoms. The first-order valence-electron chi connectivity index (χ1n) is 9.27. The van der Waals surface area contributed by atoms with E-state index in [0.717, 1.165) is 41.4 Å². The van der Waals surface area contributed by atoms with Gasteiger partial charge in [-0.3, -0.25) is 9.20 Å². The fraction of sp³-hybridized carbons (Fsp3) is 0.333. The van der Waals surface area contributed by atoms with Crippen LogP contribution in [0.1, 0.15) is 41.9 Å². The van der Waals surface area contributed by atoms with Crippen LogP contribution in [0.2, 0.25) is 0 Å².